The van der Waals surface area contributed by atoms with Crippen molar-refractivity contribution in [3.63, 3.8) is 0 Å². The molecule has 2 bridgehead atoms. The summed E-state index contributed by atoms with van der Waals surface area (Å²) in [6.07, 6.45) is 7.12. The van der Waals surface area contributed by atoms with E-state index in [4.69, 9.17) is 4.74 Å². The molecule has 120 valence electrons. The van der Waals surface area contributed by atoms with E-state index in [9.17, 15) is 4.79 Å². The average molecular weight is 303 g/mol. The summed E-state index contributed by atoms with van der Waals surface area (Å²) in [6.45, 7) is 2.62. The monoisotopic (exact) mass is 303 g/mol. The van der Waals surface area contributed by atoms with Crippen LogP contribution in [-0.2, 0) is 6.54 Å². The van der Waals surface area contributed by atoms with E-state index in [1.54, 1.807) is 19.4 Å². The zero-order valence-electron chi connectivity index (χ0n) is 13.3. The third-order valence-corrected chi connectivity index (χ3v) is 5.25. The molecule has 5 nitrogen and oxygen atoms in total. The number of carbonyl (C=O) groups is 1. The van der Waals surface area contributed by atoms with Gasteiger partial charge in [-0.2, -0.15) is 0 Å². The minimum atomic E-state index is -0.0916. The number of carbonyl (C=O) groups excluding carboxylic acids is 1. The van der Waals surface area contributed by atoms with Crippen molar-refractivity contribution < 1.29 is 9.53 Å². The average Bonchev–Trinajstić information content (AvgIpc) is 3.16. The van der Waals surface area contributed by atoms with Crippen LogP contribution in [0.4, 0.5) is 4.79 Å². The molecule has 2 amide bonds. The Morgan fingerprint density at radius 1 is 1.41 bits per heavy atom. The standard InChI is InChI=1S/C17H25N3O2/c1-11(15-8-12-3-5-14(15)7-12)20-17(21)19-10-13-4-6-16(22-2)18-9-13/h4,6,9,11-12,14-15H,3,5,7-8,10H2,1-2H3,(H2,19,20,21). The van der Waals surface area contributed by atoms with E-state index in [-0.39, 0.29) is 12.1 Å². The van der Waals surface area contributed by atoms with Gasteiger partial charge in [0, 0.05) is 24.8 Å². The van der Waals surface area contributed by atoms with Crippen LogP contribution in [0.2, 0.25) is 0 Å². The second-order valence-corrected chi connectivity index (χ2v) is 6.66. The zero-order valence-corrected chi connectivity index (χ0v) is 13.3. The number of aromatic nitrogens is 1. The van der Waals surface area contributed by atoms with E-state index in [1.807, 2.05) is 6.07 Å². The van der Waals surface area contributed by atoms with E-state index in [0.717, 1.165) is 17.4 Å². The minimum absolute atomic E-state index is 0.0916. The first-order valence-electron chi connectivity index (χ1n) is 8.19. The molecule has 2 aliphatic carbocycles. The number of nitrogens with one attached hydrogen (secondary N) is 2. The van der Waals surface area contributed by atoms with Gasteiger partial charge >= 0.3 is 6.03 Å². The lowest BCUT2D eigenvalue weighted by Crippen LogP contribution is -2.45. The van der Waals surface area contributed by atoms with Gasteiger partial charge in [-0.25, -0.2) is 9.78 Å². The molecule has 0 spiro atoms. The summed E-state index contributed by atoms with van der Waals surface area (Å²) >= 11 is 0. The molecule has 3 rings (SSSR count). The van der Waals surface area contributed by atoms with Crippen molar-refractivity contribution in [1.82, 2.24) is 15.6 Å². The summed E-state index contributed by atoms with van der Waals surface area (Å²) in [7, 11) is 1.59. The Morgan fingerprint density at radius 2 is 2.27 bits per heavy atom. The lowest BCUT2D eigenvalue weighted by Gasteiger charge is -2.28. The van der Waals surface area contributed by atoms with Gasteiger partial charge in [0.15, 0.2) is 0 Å². The summed E-state index contributed by atoms with van der Waals surface area (Å²) in [6, 6.07) is 3.87. The molecule has 4 unspecified atom stereocenters. The number of nitrogens with zero attached hydrogens (tertiary/aromatic N) is 1. The van der Waals surface area contributed by atoms with Crippen molar-refractivity contribution in [3.8, 4) is 5.88 Å². The maximum Gasteiger partial charge on any atom is 0.315 e. The number of amides is 2. The Kier molecular flexibility index (Phi) is 4.50. The van der Waals surface area contributed by atoms with Gasteiger partial charge in [0.2, 0.25) is 5.88 Å². The van der Waals surface area contributed by atoms with Crippen LogP contribution in [0.3, 0.4) is 0 Å². The van der Waals surface area contributed by atoms with Crippen LogP contribution >= 0.6 is 0 Å². The second-order valence-electron chi connectivity index (χ2n) is 6.66. The van der Waals surface area contributed by atoms with Crippen LogP contribution in [0, 0.1) is 17.8 Å². The molecule has 5 heteroatoms. The van der Waals surface area contributed by atoms with Gasteiger partial charge in [-0.05, 0) is 49.5 Å². The normalized spacial score (nSPS) is 27.5. The SMILES string of the molecule is COc1ccc(CNC(=O)NC(C)C2CC3CCC2C3)cn1. The molecule has 1 heterocycles. The summed E-state index contributed by atoms with van der Waals surface area (Å²) in [5.41, 5.74) is 0.962. The van der Waals surface area contributed by atoms with Crippen LogP contribution in [0.25, 0.3) is 0 Å². The number of rotatable bonds is 5. The highest BCUT2D eigenvalue weighted by atomic mass is 16.5. The highest BCUT2D eigenvalue weighted by molar-refractivity contribution is 5.74. The molecular weight excluding hydrogens is 278 g/mol. The van der Waals surface area contributed by atoms with Crippen molar-refractivity contribution >= 4 is 6.03 Å². The molecule has 2 fully saturated rings. The Morgan fingerprint density at radius 3 is 2.86 bits per heavy atom. The molecular formula is C17H25N3O2. The molecule has 2 saturated carbocycles. The second kappa shape index (κ2) is 6.55. The number of ether oxygens (including phenoxy) is 1. The molecule has 2 N–H and O–H groups in total. The van der Waals surface area contributed by atoms with Crippen molar-refractivity contribution in [2.45, 2.75) is 45.2 Å². The fourth-order valence-electron chi connectivity index (χ4n) is 4.09. The van der Waals surface area contributed by atoms with E-state index in [0.29, 0.717) is 18.3 Å². The summed E-state index contributed by atoms with van der Waals surface area (Å²) < 4.78 is 5.02. The van der Waals surface area contributed by atoms with Crippen molar-refractivity contribution in [2.75, 3.05) is 7.11 Å². The molecule has 2 aliphatic rings. The van der Waals surface area contributed by atoms with Gasteiger partial charge in [0.05, 0.1) is 7.11 Å². The highest BCUT2D eigenvalue weighted by Gasteiger charge is 2.42. The maximum absolute atomic E-state index is 12.0. The quantitative estimate of drug-likeness (QED) is 0.879. The molecule has 1 aromatic rings. The fourth-order valence-corrected chi connectivity index (χ4v) is 4.09. The fraction of sp³-hybridized carbons (Fsp3) is 0.647. The van der Waals surface area contributed by atoms with Crippen molar-refractivity contribution in [1.29, 1.82) is 0 Å². The lowest BCUT2D eigenvalue weighted by molar-refractivity contribution is 0.220. The number of fused-ring (bicyclic) bond motifs is 2. The summed E-state index contributed by atoms with van der Waals surface area (Å²) in [4.78, 5) is 16.2. The maximum atomic E-state index is 12.0. The van der Waals surface area contributed by atoms with Gasteiger partial charge in [0.25, 0.3) is 0 Å². The molecule has 0 aliphatic heterocycles. The molecule has 22 heavy (non-hydrogen) atoms. The topological polar surface area (TPSA) is 63.2 Å². The van der Waals surface area contributed by atoms with Crippen LogP contribution < -0.4 is 15.4 Å². The molecule has 0 radical (unpaired) electrons. The van der Waals surface area contributed by atoms with E-state index >= 15 is 0 Å². The first-order chi connectivity index (χ1) is 10.7. The number of methoxy groups -OCH3 is 1. The zero-order chi connectivity index (χ0) is 15.5. The molecule has 4 atom stereocenters. The molecule has 0 aromatic carbocycles. The Labute approximate surface area is 131 Å². The number of urea groups is 1. The third-order valence-electron chi connectivity index (χ3n) is 5.25. The molecule has 0 saturated heterocycles. The first kappa shape index (κ1) is 15.1. The number of pyridine rings is 1. The van der Waals surface area contributed by atoms with E-state index in [2.05, 4.69) is 22.5 Å². The largest absolute Gasteiger partial charge is 0.481 e. The van der Waals surface area contributed by atoms with Gasteiger partial charge in [-0.15, -0.1) is 0 Å². The smallest absolute Gasteiger partial charge is 0.315 e. The minimum Gasteiger partial charge on any atom is -0.481 e. The summed E-state index contributed by atoms with van der Waals surface area (Å²) in [5, 5.41) is 6.01. The highest BCUT2D eigenvalue weighted by Crippen LogP contribution is 2.49. The lowest BCUT2D eigenvalue weighted by atomic mass is 9.84. The Hall–Kier alpha value is -1.78. The van der Waals surface area contributed by atoms with Gasteiger partial charge in [-0.1, -0.05) is 12.5 Å². The van der Waals surface area contributed by atoms with Crippen LogP contribution in [0.15, 0.2) is 18.3 Å². The van der Waals surface area contributed by atoms with Gasteiger partial charge in [-0.3, -0.25) is 0 Å². The van der Waals surface area contributed by atoms with Crippen LogP contribution in [0.5, 0.6) is 5.88 Å². The molecule has 1 aromatic heterocycles. The van der Waals surface area contributed by atoms with Gasteiger partial charge < -0.3 is 15.4 Å². The van der Waals surface area contributed by atoms with E-state index < -0.39 is 0 Å². The van der Waals surface area contributed by atoms with E-state index in [1.165, 1.54) is 25.7 Å². The third kappa shape index (κ3) is 3.34. The van der Waals surface area contributed by atoms with Crippen molar-refractivity contribution in [2.24, 2.45) is 17.8 Å². The van der Waals surface area contributed by atoms with Gasteiger partial charge in [0.1, 0.15) is 0 Å². The summed E-state index contributed by atoms with van der Waals surface area (Å²) in [5.74, 6) is 2.98. The van der Waals surface area contributed by atoms with Crippen molar-refractivity contribution in [3.05, 3.63) is 23.9 Å². The predicted octanol–water partition coefficient (Wildman–Crippen LogP) is 2.71. The number of hydrogen-bond acceptors (Lipinski definition) is 3. The predicted molar refractivity (Wildman–Crippen MR) is 84.6 cm³/mol. The van der Waals surface area contributed by atoms with Crippen LogP contribution in [0.1, 0.15) is 38.2 Å². The Balaban J connectivity index is 1.43. The van der Waals surface area contributed by atoms with Crippen LogP contribution in [-0.4, -0.2) is 24.2 Å². The Bertz CT molecular complexity index is 517. The number of hydrogen-bond donors (Lipinski definition) is 2. The first-order valence-corrected chi connectivity index (χ1v) is 8.19.